The molecular formula is C14H18N4OS. The molecule has 1 aliphatic heterocycles. The number of aromatic nitrogens is 2. The maximum Gasteiger partial charge on any atom is 0.257 e. The summed E-state index contributed by atoms with van der Waals surface area (Å²) in [5, 5.41) is 4.15. The molecule has 0 amide bonds. The van der Waals surface area contributed by atoms with E-state index in [-0.39, 0.29) is 6.04 Å². The number of rotatable bonds is 3. The first-order valence-electron chi connectivity index (χ1n) is 6.69. The van der Waals surface area contributed by atoms with Crippen molar-refractivity contribution in [1.82, 2.24) is 15.0 Å². The third kappa shape index (κ3) is 2.72. The third-order valence-corrected chi connectivity index (χ3v) is 4.57. The molecule has 0 spiro atoms. The monoisotopic (exact) mass is 290 g/mol. The van der Waals surface area contributed by atoms with E-state index in [1.807, 2.05) is 36.0 Å². The van der Waals surface area contributed by atoms with Crippen molar-refractivity contribution < 1.29 is 4.52 Å². The Bertz CT molecular complexity index is 586. The second-order valence-electron chi connectivity index (χ2n) is 4.93. The molecule has 6 heteroatoms. The number of hydrogen-bond donors (Lipinski definition) is 1. The summed E-state index contributed by atoms with van der Waals surface area (Å²) in [6.07, 6.45) is 0. The SMILES string of the molecule is CN1CCSCC1c1noc(-c2cccc(CN)c2)n1. The van der Waals surface area contributed by atoms with Crippen LogP contribution in [0.4, 0.5) is 0 Å². The molecule has 20 heavy (non-hydrogen) atoms. The third-order valence-electron chi connectivity index (χ3n) is 3.55. The van der Waals surface area contributed by atoms with E-state index >= 15 is 0 Å². The minimum absolute atomic E-state index is 0.240. The lowest BCUT2D eigenvalue weighted by Gasteiger charge is -2.29. The van der Waals surface area contributed by atoms with E-state index in [1.165, 1.54) is 0 Å². The van der Waals surface area contributed by atoms with E-state index in [9.17, 15) is 0 Å². The van der Waals surface area contributed by atoms with Crippen LogP contribution < -0.4 is 5.73 Å². The first kappa shape index (κ1) is 13.6. The van der Waals surface area contributed by atoms with Gasteiger partial charge in [-0.15, -0.1) is 0 Å². The predicted octanol–water partition coefficient (Wildman–Crippen LogP) is 1.91. The Labute approximate surface area is 122 Å². The Hall–Kier alpha value is -1.37. The quantitative estimate of drug-likeness (QED) is 0.931. The van der Waals surface area contributed by atoms with Crippen molar-refractivity contribution in [3.05, 3.63) is 35.7 Å². The molecule has 0 aliphatic carbocycles. The van der Waals surface area contributed by atoms with Gasteiger partial charge >= 0.3 is 0 Å². The summed E-state index contributed by atoms with van der Waals surface area (Å²) in [7, 11) is 2.11. The molecule has 3 rings (SSSR count). The van der Waals surface area contributed by atoms with Crippen LogP contribution >= 0.6 is 11.8 Å². The largest absolute Gasteiger partial charge is 0.334 e. The molecule has 2 heterocycles. The zero-order chi connectivity index (χ0) is 13.9. The minimum Gasteiger partial charge on any atom is -0.334 e. The van der Waals surface area contributed by atoms with E-state index in [4.69, 9.17) is 10.3 Å². The average Bonchev–Trinajstić information content (AvgIpc) is 2.97. The van der Waals surface area contributed by atoms with E-state index in [0.717, 1.165) is 35.0 Å². The molecule has 106 valence electrons. The van der Waals surface area contributed by atoms with Crippen molar-refractivity contribution in [2.45, 2.75) is 12.6 Å². The summed E-state index contributed by atoms with van der Waals surface area (Å²) < 4.78 is 5.41. The highest BCUT2D eigenvalue weighted by molar-refractivity contribution is 7.99. The average molecular weight is 290 g/mol. The number of nitrogens with zero attached hydrogens (tertiary/aromatic N) is 3. The lowest BCUT2D eigenvalue weighted by atomic mass is 10.1. The molecule has 1 unspecified atom stereocenters. The molecule has 1 atom stereocenters. The van der Waals surface area contributed by atoms with Gasteiger partial charge in [-0.2, -0.15) is 16.7 Å². The zero-order valence-corrected chi connectivity index (χ0v) is 12.3. The lowest BCUT2D eigenvalue weighted by molar-refractivity contribution is 0.257. The molecule has 2 N–H and O–H groups in total. The highest BCUT2D eigenvalue weighted by Gasteiger charge is 2.26. The molecule has 1 fully saturated rings. The van der Waals surface area contributed by atoms with Gasteiger partial charge in [-0.25, -0.2) is 0 Å². The summed E-state index contributed by atoms with van der Waals surface area (Å²) in [6, 6.07) is 8.16. The molecule has 1 aromatic heterocycles. The normalized spacial score (nSPS) is 20.2. The Balaban J connectivity index is 1.85. The highest BCUT2D eigenvalue weighted by atomic mass is 32.2. The first-order chi connectivity index (χ1) is 9.78. The smallest absolute Gasteiger partial charge is 0.257 e. The predicted molar refractivity (Wildman–Crippen MR) is 80.3 cm³/mol. The summed E-state index contributed by atoms with van der Waals surface area (Å²) in [6.45, 7) is 1.57. The van der Waals surface area contributed by atoms with Crippen molar-refractivity contribution in [3.63, 3.8) is 0 Å². The van der Waals surface area contributed by atoms with Crippen LogP contribution in [0.2, 0.25) is 0 Å². The molecular weight excluding hydrogens is 272 g/mol. The van der Waals surface area contributed by atoms with Crippen LogP contribution in [-0.4, -0.2) is 40.1 Å². The fourth-order valence-corrected chi connectivity index (χ4v) is 3.49. The van der Waals surface area contributed by atoms with Crippen molar-refractivity contribution in [2.75, 3.05) is 25.1 Å². The lowest BCUT2D eigenvalue weighted by Crippen LogP contribution is -2.33. The Kier molecular flexibility index (Phi) is 4.05. The number of hydrogen-bond acceptors (Lipinski definition) is 6. The van der Waals surface area contributed by atoms with E-state index < -0.39 is 0 Å². The zero-order valence-electron chi connectivity index (χ0n) is 11.5. The first-order valence-corrected chi connectivity index (χ1v) is 7.84. The van der Waals surface area contributed by atoms with E-state index in [2.05, 4.69) is 22.1 Å². The number of benzene rings is 1. The van der Waals surface area contributed by atoms with Crippen LogP contribution in [-0.2, 0) is 6.54 Å². The Morgan fingerprint density at radius 2 is 2.40 bits per heavy atom. The molecule has 0 bridgehead atoms. The Morgan fingerprint density at radius 1 is 1.50 bits per heavy atom. The maximum atomic E-state index is 5.66. The van der Waals surface area contributed by atoms with E-state index in [1.54, 1.807) is 0 Å². The number of nitrogens with two attached hydrogens (primary N) is 1. The fraction of sp³-hybridized carbons (Fsp3) is 0.429. The van der Waals surface area contributed by atoms with Gasteiger partial charge in [-0.1, -0.05) is 17.3 Å². The minimum atomic E-state index is 0.240. The summed E-state index contributed by atoms with van der Waals surface area (Å²) in [4.78, 5) is 6.84. The molecule has 1 saturated heterocycles. The van der Waals surface area contributed by atoms with Gasteiger partial charge in [0.15, 0.2) is 5.82 Å². The van der Waals surface area contributed by atoms with Crippen LogP contribution in [0.15, 0.2) is 28.8 Å². The molecule has 0 saturated carbocycles. The molecule has 0 radical (unpaired) electrons. The van der Waals surface area contributed by atoms with Crippen LogP contribution in [0.1, 0.15) is 17.4 Å². The van der Waals surface area contributed by atoms with Gasteiger partial charge < -0.3 is 10.3 Å². The molecule has 2 aromatic rings. The number of thioether (sulfide) groups is 1. The van der Waals surface area contributed by atoms with Crippen LogP contribution in [0, 0.1) is 0 Å². The summed E-state index contributed by atoms with van der Waals surface area (Å²) in [5.74, 6) is 3.52. The fourth-order valence-electron chi connectivity index (χ4n) is 2.28. The molecule has 1 aliphatic rings. The van der Waals surface area contributed by atoms with Crippen molar-refractivity contribution in [2.24, 2.45) is 5.73 Å². The topological polar surface area (TPSA) is 68.2 Å². The van der Waals surface area contributed by atoms with Gasteiger partial charge in [0.1, 0.15) is 0 Å². The second kappa shape index (κ2) is 5.95. The highest BCUT2D eigenvalue weighted by Crippen LogP contribution is 2.28. The van der Waals surface area contributed by atoms with Gasteiger partial charge in [0.25, 0.3) is 5.89 Å². The van der Waals surface area contributed by atoms with E-state index in [0.29, 0.717) is 12.4 Å². The maximum absolute atomic E-state index is 5.66. The van der Waals surface area contributed by atoms with Gasteiger partial charge in [0.2, 0.25) is 0 Å². The van der Waals surface area contributed by atoms with Gasteiger partial charge in [0.05, 0.1) is 6.04 Å². The van der Waals surface area contributed by atoms with Crippen molar-refractivity contribution in [1.29, 1.82) is 0 Å². The molecule has 5 nitrogen and oxygen atoms in total. The van der Waals surface area contributed by atoms with Crippen LogP contribution in [0.3, 0.4) is 0 Å². The standard InChI is InChI=1S/C14H18N4OS/c1-18-5-6-20-9-12(18)13-16-14(19-17-13)11-4-2-3-10(7-11)8-15/h2-4,7,12H,5-6,8-9,15H2,1H3. The summed E-state index contributed by atoms with van der Waals surface area (Å²) in [5.41, 5.74) is 7.65. The molecule has 1 aromatic carbocycles. The second-order valence-corrected chi connectivity index (χ2v) is 6.08. The van der Waals surface area contributed by atoms with Gasteiger partial charge in [-0.05, 0) is 24.7 Å². The van der Waals surface area contributed by atoms with Crippen LogP contribution in [0.25, 0.3) is 11.5 Å². The summed E-state index contributed by atoms with van der Waals surface area (Å²) >= 11 is 1.93. The van der Waals surface area contributed by atoms with Crippen LogP contribution in [0.5, 0.6) is 0 Å². The van der Waals surface area contributed by atoms with Crippen molar-refractivity contribution >= 4 is 11.8 Å². The van der Waals surface area contributed by atoms with Gasteiger partial charge in [0, 0.05) is 30.2 Å². The van der Waals surface area contributed by atoms with Crippen molar-refractivity contribution in [3.8, 4) is 11.5 Å². The van der Waals surface area contributed by atoms with Gasteiger partial charge in [-0.3, -0.25) is 4.90 Å². The Morgan fingerprint density at radius 3 is 3.20 bits per heavy atom.